The van der Waals surface area contributed by atoms with Crippen molar-refractivity contribution in [3.05, 3.63) is 12.3 Å². The van der Waals surface area contributed by atoms with E-state index in [2.05, 4.69) is 56.4 Å². The van der Waals surface area contributed by atoms with Crippen LogP contribution >= 0.6 is 11.9 Å². The van der Waals surface area contributed by atoms with Gasteiger partial charge in [-0.15, -0.1) is 5.10 Å². The molecule has 0 amide bonds. The van der Waals surface area contributed by atoms with Gasteiger partial charge >= 0.3 is 0 Å². The van der Waals surface area contributed by atoms with Crippen LogP contribution in [0.25, 0.3) is 0 Å². The summed E-state index contributed by atoms with van der Waals surface area (Å²) in [6.45, 7) is 8.81. The highest BCUT2D eigenvalue weighted by Gasteiger charge is 2.85. The number of ether oxygens (including phenoxy) is 1. The van der Waals surface area contributed by atoms with Gasteiger partial charge in [-0.1, -0.05) is 11.9 Å². The standard InChI is InChI=1S/C32H53N7O2S/c1-30(2)18-21-4-3-15-33-25-7-6-23(40)29(35-25)42-34-19-22-5-8-26(36-28(22)38(30)20-21)39-16-9-27(37-39)41-17-10-24-31(11-12-31)32(24)13-14-32/h9,16,21-26,28-29,33-36,40H,3-8,10-15,17-20H2,1-2H3/t21-,22?,23?,25?,26?,28?,29?/m0/s1. The van der Waals surface area contributed by atoms with Crippen molar-refractivity contribution in [2.75, 3.05) is 26.2 Å². The number of nitrogens with one attached hydrogen (secondary N) is 4. The molecule has 7 unspecified atom stereocenters. The monoisotopic (exact) mass is 599 g/mol. The summed E-state index contributed by atoms with van der Waals surface area (Å²) in [5.41, 5.74) is 1.67. The number of hydrogen-bond acceptors (Lipinski definition) is 9. The Morgan fingerprint density at radius 2 is 1.90 bits per heavy atom. The first-order valence-electron chi connectivity index (χ1n) is 17.1. The van der Waals surface area contributed by atoms with Crippen LogP contribution in [0.2, 0.25) is 0 Å². The van der Waals surface area contributed by atoms with E-state index in [1.165, 1.54) is 51.4 Å². The first-order valence-corrected chi connectivity index (χ1v) is 18.0. The second-order valence-corrected chi connectivity index (χ2v) is 16.5. The molecule has 8 atom stereocenters. The van der Waals surface area contributed by atoms with E-state index < -0.39 is 0 Å². The quantitative estimate of drug-likeness (QED) is 0.324. The van der Waals surface area contributed by atoms with E-state index in [1.807, 2.05) is 0 Å². The van der Waals surface area contributed by atoms with Crippen LogP contribution in [0.15, 0.2) is 12.3 Å². The molecule has 42 heavy (non-hydrogen) atoms. The van der Waals surface area contributed by atoms with Crippen LogP contribution in [0.1, 0.15) is 97.1 Å². The second kappa shape index (κ2) is 10.9. The topological polar surface area (TPSA) is 98.6 Å². The lowest BCUT2D eigenvalue weighted by Crippen LogP contribution is -2.60. The maximum atomic E-state index is 10.7. The summed E-state index contributed by atoms with van der Waals surface area (Å²) < 4.78 is 12.0. The molecule has 0 radical (unpaired) electrons. The normalized spacial score (nSPS) is 42.0. The number of aromatic nitrogens is 2. The molecule has 1 aromatic rings. The number of rotatable bonds is 5. The molecule has 5 N–H and O–H groups in total. The highest BCUT2D eigenvalue weighted by molar-refractivity contribution is 7.98. The maximum absolute atomic E-state index is 10.7. The fourth-order valence-corrected chi connectivity index (χ4v) is 11.1. The summed E-state index contributed by atoms with van der Waals surface area (Å²) in [5, 5.41) is 27.1. The number of hydrogen-bond donors (Lipinski definition) is 5. The number of aliphatic hydroxyl groups excluding tert-OH is 1. The van der Waals surface area contributed by atoms with Gasteiger partial charge in [0.1, 0.15) is 6.17 Å². The van der Waals surface area contributed by atoms with Gasteiger partial charge in [0.25, 0.3) is 0 Å². The minimum absolute atomic E-state index is 0.0179. The minimum Gasteiger partial charge on any atom is -0.477 e. The molecule has 7 aliphatic rings. The third-order valence-electron chi connectivity index (χ3n) is 12.6. The van der Waals surface area contributed by atoms with Crippen molar-refractivity contribution in [1.29, 1.82) is 0 Å². The predicted molar refractivity (Wildman–Crippen MR) is 166 cm³/mol. The Bertz CT molecular complexity index is 1100. The summed E-state index contributed by atoms with van der Waals surface area (Å²) in [6.07, 6.45) is 17.4. The van der Waals surface area contributed by atoms with Gasteiger partial charge < -0.3 is 15.2 Å². The molecule has 4 bridgehead atoms. The molecule has 10 heteroatoms. The lowest BCUT2D eigenvalue weighted by Gasteiger charge is -2.47. The third-order valence-corrected chi connectivity index (χ3v) is 13.6. The van der Waals surface area contributed by atoms with Crippen LogP contribution in [-0.4, -0.2) is 75.4 Å². The Hall–Kier alpha value is -0.880. The number of piperidine rings is 2. The number of aliphatic hydroxyl groups is 1. The van der Waals surface area contributed by atoms with Crippen LogP contribution in [-0.2, 0) is 0 Å². The van der Waals surface area contributed by atoms with E-state index in [0.717, 1.165) is 80.5 Å². The third kappa shape index (κ3) is 5.14. The molecule has 2 spiro atoms. The Labute approximate surface area is 256 Å². The molecule has 4 aliphatic heterocycles. The number of nitrogens with zero attached hydrogens (tertiary/aromatic N) is 3. The van der Waals surface area contributed by atoms with Crippen LogP contribution in [0.3, 0.4) is 0 Å². The van der Waals surface area contributed by atoms with Gasteiger partial charge in [-0.05, 0) is 120 Å². The summed E-state index contributed by atoms with van der Waals surface area (Å²) in [7, 11) is 0. The van der Waals surface area contributed by atoms with Crippen molar-refractivity contribution >= 4 is 11.9 Å². The highest BCUT2D eigenvalue weighted by Crippen LogP contribution is 2.93. The minimum atomic E-state index is -0.315. The van der Waals surface area contributed by atoms with Gasteiger partial charge in [0.15, 0.2) is 0 Å². The summed E-state index contributed by atoms with van der Waals surface area (Å²) in [5.74, 6) is 2.92. The van der Waals surface area contributed by atoms with E-state index in [4.69, 9.17) is 9.84 Å². The molecule has 0 aromatic carbocycles. The highest BCUT2D eigenvalue weighted by atomic mass is 32.2. The maximum Gasteiger partial charge on any atom is 0.232 e. The number of fused-ring (bicyclic) bond motifs is 7. The molecule has 8 rings (SSSR count). The van der Waals surface area contributed by atoms with E-state index in [1.54, 1.807) is 11.9 Å². The molecule has 3 aliphatic carbocycles. The molecule has 4 saturated heterocycles. The summed E-state index contributed by atoms with van der Waals surface area (Å²) >= 11 is 1.68. The van der Waals surface area contributed by atoms with Crippen molar-refractivity contribution in [3.63, 3.8) is 0 Å². The first kappa shape index (κ1) is 28.6. The van der Waals surface area contributed by atoms with Crippen molar-refractivity contribution in [3.8, 4) is 5.88 Å². The Kier molecular flexibility index (Phi) is 7.40. The van der Waals surface area contributed by atoms with E-state index in [0.29, 0.717) is 12.1 Å². The van der Waals surface area contributed by atoms with Crippen molar-refractivity contribution in [2.24, 2.45) is 28.6 Å². The Balaban J connectivity index is 0.931. The lowest BCUT2D eigenvalue weighted by atomic mass is 9.90. The van der Waals surface area contributed by atoms with Gasteiger partial charge in [0.2, 0.25) is 5.88 Å². The second-order valence-electron chi connectivity index (χ2n) is 15.5. The van der Waals surface area contributed by atoms with Gasteiger partial charge in [-0.25, -0.2) is 0 Å². The van der Waals surface area contributed by atoms with Crippen molar-refractivity contribution in [2.45, 2.75) is 126 Å². The summed E-state index contributed by atoms with van der Waals surface area (Å²) in [4.78, 5) is 2.78. The van der Waals surface area contributed by atoms with E-state index >= 15 is 0 Å². The molecular formula is C32H53N7O2S. The molecule has 234 valence electrons. The molecule has 1 aromatic heterocycles. The average Bonchev–Trinajstić information content (AvgIpc) is 3.92. The Morgan fingerprint density at radius 3 is 2.71 bits per heavy atom. The molecular weight excluding hydrogens is 546 g/mol. The fourth-order valence-electron chi connectivity index (χ4n) is 10.1. The molecule has 7 fully saturated rings. The largest absolute Gasteiger partial charge is 0.477 e. The van der Waals surface area contributed by atoms with Crippen molar-refractivity contribution in [1.82, 2.24) is 35.4 Å². The average molecular weight is 600 g/mol. The lowest BCUT2D eigenvalue weighted by molar-refractivity contribution is 0.00920. The van der Waals surface area contributed by atoms with Crippen LogP contribution in [0, 0.1) is 28.6 Å². The zero-order valence-electron chi connectivity index (χ0n) is 25.7. The van der Waals surface area contributed by atoms with Crippen LogP contribution in [0.5, 0.6) is 5.88 Å². The Morgan fingerprint density at radius 1 is 1.07 bits per heavy atom. The molecule has 5 heterocycles. The van der Waals surface area contributed by atoms with Gasteiger partial charge in [0.05, 0.1) is 30.4 Å². The van der Waals surface area contributed by atoms with Crippen LogP contribution in [0.4, 0.5) is 0 Å². The van der Waals surface area contributed by atoms with Gasteiger partial charge in [-0.2, -0.15) is 0 Å². The SMILES string of the molecule is CC1(C)C[C@@H]2CCCNC3CCC(O)C(N3)SNCC3CCC(n4ccc(OCCC5C6(CC6)C56CC6)n4)NC3N1C2. The van der Waals surface area contributed by atoms with Gasteiger partial charge in [0, 0.05) is 36.8 Å². The van der Waals surface area contributed by atoms with E-state index in [9.17, 15) is 5.11 Å². The predicted octanol–water partition coefficient (Wildman–Crippen LogP) is 3.78. The van der Waals surface area contributed by atoms with Crippen LogP contribution < -0.4 is 25.4 Å². The fraction of sp³-hybridized carbons (Fsp3) is 0.906. The summed E-state index contributed by atoms with van der Waals surface area (Å²) in [6, 6.07) is 2.06. The zero-order chi connectivity index (χ0) is 28.5. The van der Waals surface area contributed by atoms with Crippen molar-refractivity contribution < 1.29 is 9.84 Å². The smallest absolute Gasteiger partial charge is 0.232 e. The first-order chi connectivity index (χ1) is 20.4. The van der Waals surface area contributed by atoms with E-state index in [-0.39, 0.29) is 29.3 Å². The molecule has 3 saturated carbocycles. The molecule has 9 nitrogen and oxygen atoms in total. The zero-order valence-corrected chi connectivity index (χ0v) is 26.5. The van der Waals surface area contributed by atoms with Gasteiger partial charge in [-0.3, -0.25) is 24.9 Å².